The highest BCUT2D eigenvalue weighted by Crippen LogP contribution is 2.10. The average molecular weight is 393 g/mol. The van der Waals surface area contributed by atoms with Crippen molar-refractivity contribution < 1.29 is 0 Å². The van der Waals surface area contributed by atoms with Crippen molar-refractivity contribution in [2.24, 2.45) is 0 Å². The molecule has 2 aromatic carbocycles. The predicted octanol–water partition coefficient (Wildman–Crippen LogP) is 5.52. The van der Waals surface area contributed by atoms with E-state index in [1.165, 1.54) is 36.8 Å². The van der Waals surface area contributed by atoms with Gasteiger partial charge in [0.25, 0.3) is 0 Å². The van der Waals surface area contributed by atoms with Crippen LogP contribution in [0.1, 0.15) is 36.8 Å². The predicted molar refractivity (Wildman–Crippen MR) is 115 cm³/mol. The van der Waals surface area contributed by atoms with E-state index in [4.69, 9.17) is 23.2 Å². The zero-order valence-corrected chi connectivity index (χ0v) is 17.0. The summed E-state index contributed by atoms with van der Waals surface area (Å²) in [6, 6.07) is 16.2. The molecule has 142 valence electrons. The van der Waals surface area contributed by atoms with Crippen molar-refractivity contribution in [1.82, 2.24) is 10.6 Å². The summed E-state index contributed by atoms with van der Waals surface area (Å²) in [6.45, 7) is 4.29. The van der Waals surface area contributed by atoms with E-state index in [-0.39, 0.29) is 0 Å². The van der Waals surface area contributed by atoms with Crippen molar-refractivity contribution in [3.8, 4) is 0 Å². The lowest BCUT2D eigenvalue weighted by Crippen LogP contribution is -2.19. The van der Waals surface area contributed by atoms with Crippen molar-refractivity contribution >= 4 is 23.2 Å². The molecular formula is C22H30Cl2N2. The molecule has 0 aliphatic carbocycles. The van der Waals surface area contributed by atoms with Gasteiger partial charge >= 0.3 is 0 Å². The van der Waals surface area contributed by atoms with Crippen molar-refractivity contribution in [3.63, 3.8) is 0 Å². The summed E-state index contributed by atoms with van der Waals surface area (Å²) in [4.78, 5) is 0. The summed E-state index contributed by atoms with van der Waals surface area (Å²) < 4.78 is 0. The number of hydrogen-bond acceptors (Lipinski definition) is 2. The molecule has 0 atom stereocenters. The van der Waals surface area contributed by atoms with E-state index in [1.807, 2.05) is 24.3 Å². The molecular weight excluding hydrogens is 363 g/mol. The molecule has 0 aromatic heterocycles. The van der Waals surface area contributed by atoms with Gasteiger partial charge in [0, 0.05) is 10.0 Å². The molecule has 0 unspecified atom stereocenters. The summed E-state index contributed by atoms with van der Waals surface area (Å²) >= 11 is 11.8. The molecule has 0 fully saturated rings. The first kappa shape index (κ1) is 21.2. The second-order valence-corrected chi connectivity index (χ2v) is 7.54. The van der Waals surface area contributed by atoms with E-state index in [1.54, 1.807) is 0 Å². The largest absolute Gasteiger partial charge is 0.316 e. The monoisotopic (exact) mass is 392 g/mol. The highest BCUT2D eigenvalue weighted by molar-refractivity contribution is 6.30. The fraction of sp³-hybridized carbons (Fsp3) is 0.455. The first-order valence-corrected chi connectivity index (χ1v) is 10.4. The second kappa shape index (κ2) is 13.2. The molecule has 0 saturated heterocycles. The third-order valence-electron chi connectivity index (χ3n) is 4.46. The fourth-order valence-corrected chi connectivity index (χ4v) is 3.12. The normalized spacial score (nSPS) is 11.0. The number of rotatable bonds is 13. The molecule has 0 aliphatic heterocycles. The summed E-state index contributed by atoms with van der Waals surface area (Å²) in [6.07, 6.45) is 7.24. The van der Waals surface area contributed by atoms with Crippen LogP contribution in [0.15, 0.2) is 48.5 Å². The number of unbranched alkanes of at least 4 members (excludes halogenated alkanes) is 3. The van der Waals surface area contributed by atoms with Gasteiger partial charge in [-0.1, -0.05) is 60.3 Å². The SMILES string of the molecule is Clc1ccc(CCNCCCCCCNCCc2ccc(Cl)cc2)cc1. The van der Waals surface area contributed by atoms with Crippen molar-refractivity contribution in [2.45, 2.75) is 38.5 Å². The molecule has 26 heavy (non-hydrogen) atoms. The number of hydrogen-bond donors (Lipinski definition) is 2. The molecule has 0 heterocycles. The van der Waals surface area contributed by atoms with Crippen molar-refractivity contribution in [3.05, 3.63) is 69.7 Å². The van der Waals surface area contributed by atoms with Gasteiger partial charge in [0.15, 0.2) is 0 Å². The van der Waals surface area contributed by atoms with E-state index < -0.39 is 0 Å². The minimum Gasteiger partial charge on any atom is -0.316 e. The van der Waals surface area contributed by atoms with Crippen LogP contribution in [0.2, 0.25) is 10.0 Å². The van der Waals surface area contributed by atoms with Gasteiger partial charge in [0.1, 0.15) is 0 Å². The highest BCUT2D eigenvalue weighted by Gasteiger charge is 1.96. The van der Waals surface area contributed by atoms with Crippen LogP contribution in [0.4, 0.5) is 0 Å². The van der Waals surface area contributed by atoms with Gasteiger partial charge in [0.2, 0.25) is 0 Å². The van der Waals surface area contributed by atoms with Gasteiger partial charge < -0.3 is 10.6 Å². The summed E-state index contributed by atoms with van der Waals surface area (Å²) in [5.74, 6) is 0. The van der Waals surface area contributed by atoms with Gasteiger partial charge in [-0.25, -0.2) is 0 Å². The summed E-state index contributed by atoms with van der Waals surface area (Å²) in [7, 11) is 0. The lowest BCUT2D eigenvalue weighted by molar-refractivity contribution is 0.564. The van der Waals surface area contributed by atoms with Crippen LogP contribution < -0.4 is 10.6 Å². The molecule has 0 amide bonds. The van der Waals surface area contributed by atoms with E-state index >= 15 is 0 Å². The van der Waals surface area contributed by atoms with Crippen LogP contribution in [0, 0.1) is 0 Å². The molecule has 0 radical (unpaired) electrons. The second-order valence-electron chi connectivity index (χ2n) is 6.67. The average Bonchev–Trinajstić information content (AvgIpc) is 2.65. The maximum absolute atomic E-state index is 5.89. The van der Waals surface area contributed by atoms with Crippen LogP contribution in [-0.4, -0.2) is 26.2 Å². The molecule has 0 spiro atoms. The lowest BCUT2D eigenvalue weighted by Gasteiger charge is -2.07. The lowest BCUT2D eigenvalue weighted by atomic mass is 10.1. The Morgan fingerprint density at radius 1 is 0.500 bits per heavy atom. The van der Waals surface area contributed by atoms with Gasteiger partial charge in [-0.05, 0) is 87.3 Å². The van der Waals surface area contributed by atoms with Crippen molar-refractivity contribution in [1.29, 1.82) is 0 Å². The van der Waals surface area contributed by atoms with Crippen LogP contribution in [-0.2, 0) is 12.8 Å². The smallest absolute Gasteiger partial charge is 0.0406 e. The third kappa shape index (κ3) is 9.59. The van der Waals surface area contributed by atoms with Gasteiger partial charge in [-0.15, -0.1) is 0 Å². The minimum atomic E-state index is 0.807. The topological polar surface area (TPSA) is 24.1 Å². The van der Waals surface area contributed by atoms with Crippen LogP contribution in [0.5, 0.6) is 0 Å². The number of halogens is 2. The molecule has 4 heteroatoms. The fourth-order valence-electron chi connectivity index (χ4n) is 2.87. The standard InChI is InChI=1S/C22H30Cl2N2/c23-21-9-5-19(6-10-21)13-17-25-15-3-1-2-4-16-26-18-14-20-7-11-22(24)12-8-20/h5-12,25-26H,1-4,13-18H2. The zero-order chi connectivity index (χ0) is 18.5. The Bertz CT molecular complexity index is 541. The van der Waals surface area contributed by atoms with Crippen molar-refractivity contribution in [2.75, 3.05) is 26.2 Å². The van der Waals surface area contributed by atoms with E-state index in [0.717, 1.165) is 49.1 Å². The molecule has 0 aliphatic rings. The molecule has 2 rings (SSSR count). The maximum Gasteiger partial charge on any atom is 0.0406 e. The molecule has 2 N–H and O–H groups in total. The first-order valence-electron chi connectivity index (χ1n) is 9.64. The Morgan fingerprint density at radius 3 is 1.27 bits per heavy atom. The highest BCUT2D eigenvalue weighted by atomic mass is 35.5. The van der Waals surface area contributed by atoms with E-state index in [9.17, 15) is 0 Å². The van der Waals surface area contributed by atoms with Gasteiger partial charge in [-0.2, -0.15) is 0 Å². The quantitative estimate of drug-likeness (QED) is 0.438. The van der Waals surface area contributed by atoms with Crippen LogP contribution in [0.3, 0.4) is 0 Å². The van der Waals surface area contributed by atoms with Crippen LogP contribution in [0.25, 0.3) is 0 Å². The molecule has 0 bridgehead atoms. The van der Waals surface area contributed by atoms with Gasteiger partial charge in [-0.3, -0.25) is 0 Å². The summed E-state index contributed by atoms with van der Waals surface area (Å²) in [5.41, 5.74) is 2.68. The summed E-state index contributed by atoms with van der Waals surface area (Å²) in [5, 5.41) is 8.66. The molecule has 2 aromatic rings. The van der Waals surface area contributed by atoms with E-state index in [0.29, 0.717) is 0 Å². The van der Waals surface area contributed by atoms with E-state index in [2.05, 4.69) is 34.9 Å². The Labute approximate surface area is 168 Å². The minimum absolute atomic E-state index is 0.807. The Kier molecular flexibility index (Phi) is 10.8. The maximum atomic E-state index is 5.89. The number of nitrogens with one attached hydrogen (secondary N) is 2. The third-order valence-corrected chi connectivity index (χ3v) is 4.97. The molecule has 2 nitrogen and oxygen atoms in total. The zero-order valence-electron chi connectivity index (χ0n) is 15.4. The molecule has 0 saturated carbocycles. The van der Waals surface area contributed by atoms with Crippen LogP contribution >= 0.6 is 23.2 Å². The first-order chi connectivity index (χ1) is 12.7. The Hall–Kier alpha value is -1.06. The number of benzene rings is 2. The Morgan fingerprint density at radius 2 is 0.885 bits per heavy atom. The van der Waals surface area contributed by atoms with Gasteiger partial charge in [0.05, 0.1) is 0 Å². The Balaban J connectivity index is 1.35.